The summed E-state index contributed by atoms with van der Waals surface area (Å²) in [5, 5.41) is 2.61. The number of amides is 2. The SMILES string of the molecule is O=C(N[C@H]1N=C(c2ccccc2)c2ccccc2N(CC(=O)c2ccccc2Br)C1=O)OCc1ccccc1. The van der Waals surface area contributed by atoms with Gasteiger partial charge in [-0.25, -0.2) is 9.79 Å². The largest absolute Gasteiger partial charge is 0.445 e. The van der Waals surface area contributed by atoms with Crippen LogP contribution < -0.4 is 10.2 Å². The standard InChI is InChI=1S/C31H24BrN3O4/c32-25-17-9-7-15-23(25)27(36)19-35-26-18-10-8-16-24(26)28(22-13-5-2-6-14-22)33-29(30(35)37)34-31(38)39-20-21-11-3-1-4-12-21/h1-18,29H,19-20H2,(H,34,38)/t29-/m1/s1. The fourth-order valence-corrected chi connectivity index (χ4v) is 4.81. The molecule has 194 valence electrons. The number of nitrogens with zero attached hydrogens (tertiary/aromatic N) is 2. The van der Waals surface area contributed by atoms with Crippen molar-refractivity contribution in [2.24, 2.45) is 4.99 Å². The summed E-state index contributed by atoms with van der Waals surface area (Å²) in [5.41, 5.74) is 3.72. The first-order valence-corrected chi connectivity index (χ1v) is 13.1. The predicted molar refractivity (Wildman–Crippen MR) is 153 cm³/mol. The van der Waals surface area contributed by atoms with Crippen LogP contribution in [-0.4, -0.2) is 36.2 Å². The zero-order chi connectivity index (χ0) is 27.2. The molecule has 8 heteroatoms. The third kappa shape index (κ3) is 5.97. The normalized spacial score (nSPS) is 14.6. The average Bonchev–Trinajstić information content (AvgIpc) is 3.08. The van der Waals surface area contributed by atoms with Crippen molar-refractivity contribution < 1.29 is 19.1 Å². The van der Waals surface area contributed by atoms with Gasteiger partial charge in [0.1, 0.15) is 6.61 Å². The second-order valence-electron chi connectivity index (χ2n) is 8.80. The number of anilines is 1. The molecule has 0 saturated carbocycles. The molecule has 1 heterocycles. The van der Waals surface area contributed by atoms with Gasteiger partial charge in [-0.3, -0.25) is 14.9 Å². The number of hydrogen-bond acceptors (Lipinski definition) is 5. The van der Waals surface area contributed by atoms with Crippen LogP contribution in [0.15, 0.2) is 119 Å². The molecule has 0 bridgehead atoms. The van der Waals surface area contributed by atoms with E-state index in [1.54, 1.807) is 30.3 Å². The molecule has 1 N–H and O–H groups in total. The van der Waals surface area contributed by atoms with Crippen LogP contribution in [0.3, 0.4) is 0 Å². The van der Waals surface area contributed by atoms with Gasteiger partial charge < -0.3 is 9.64 Å². The van der Waals surface area contributed by atoms with Crippen LogP contribution in [-0.2, 0) is 16.1 Å². The molecule has 1 atom stereocenters. The van der Waals surface area contributed by atoms with Crippen LogP contribution in [0.25, 0.3) is 0 Å². The maximum atomic E-state index is 13.9. The summed E-state index contributed by atoms with van der Waals surface area (Å²) in [4.78, 5) is 46.2. The van der Waals surface area contributed by atoms with Gasteiger partial charge >= 0.3 is 6.09 Å². The number of carbonyl (C=O) groups excluding carboxylic acids is 3. The summed E-state index contributed by atoms with van der Waals surface area (Å²) in [5.74, 6) is -0.815. The Kier molecular flexibility index (Phi) is 7.94. The number of benzene rings is 4. The molecule has 5 rings (SSSR count). The van der Waals surface area contributed by atoms with E-state index in [0.29, 0.717) is 27.0 Å². The first kappa shape index (κ1) is 26.1. The molecule has 0 aliphatic carbocycles. The summed E-state index contributed by atoms with van der Waals surface area (Å²) < 4.78 is 6.01. The predicted octanol–water partition coefficient (Wildman–Crippen LogP) is 5.77. The first-order chi connectivity index (χ1) is 19.0. The van der Waals surface area contributed by atoms with Crippen LogP contribution >= 0.6 is 15.9 Å². The van der Waals surface area contributed by atoms with E-state index in [0.717, 1.165) is 11.1 Å². The Labute approximate surface area is 234 Å². The average molecular weight is 582 g/mol. The number of carbonyl (C=O) groups is 3. The molecular weight excluding hydrogens is 558 g/mol. The molecule has 39 heavy (non-hydrogen) atoms. The highest BCUT2D eigenvalue weighted by Gasteiger charge is 2.34. The van der Waals surface area contributed by atoms with Gasteiger partial charge in [-0.05, 0) is 17.7 Å². The summed E-state index contributed by atoms with van der Waals surface area (Å²) >= 11 is 3.42. The molecule has 7 nitrogen and oxygen atoms in total. The van der Waals surface area contributed by atoms with E-state index < -0.39 is 18.2 Å². The van der Waals surface area contributed by atoms with Crippen molar-refractivity contribution in [1.29, 1.82) is 0 Å². The van der Waals surface area contributed by atoms with E-state index in [2.05, 4.69) is 21.2 Å². The van der Waals surface area contributed by atoms with Crippen LogP contribution in [0.1, 0.15) is 27.0 Å². The summed E-state index contributed by atoms with van der Waals surface area (Å²) in [6, 6.07) is 32.9. The third-order valence-corrected chi connectivity index (χ3v) is 6.89. The third-order valence-electron chi connectivity index (χ3n) is 6.20. The number of para-hydroxylation sites is 1. The molecule has 2 amide bonds. The van der Waals surface area contributed by atoms with Gasteiger partial charge in [0.15, 0.2) is 5.78 Å². The molecule has 0 saturated heterocycles. The van der Waals surface area contributed by atoms with Gasteiger partial charge in [0, 0.05) is 21.2 Å². The fraction of sp³-hybridized carbons (Fsp3) is 0.0968. The Bertz CT molecular complexity index is 1540. The van der Waals surface area contributed by atoms with E-state index in [4.69, 9.17) is 9.73 Å². The number of aliphatic imine (C=N–C) groups is 1. The molecule has 4 aromatic rings. The molecule has 0 fully saturated rings. The lowest BCUT2D eigenvalue weighted by Crippen LogP contribution is -2.49. The summed E-state index contributed by atoms with van der Waals surface area (Å²) in [7, 11) is 0. The number of hydrogen-bond donors (Lipinski definition) is 1. The Hall–Kier alpha value is -4.56. The zero-order valence-electron chi connectivity index (χ0n) is 20.8. The Morgan fingerprint density at radius 1 is 0.846 bits per heavy atom. The van der Waals surface area contributed by atoms with Crippen molar-refractivity contribution in [3.8, 4) is 0 Å². The minimum Gasteiger partial charge on any atom is -0.445 e. The number of rotatable bonds is 7. The zero-order valence-corrected chi connectivity index (χ0v) is 22.4. The van der Waals surface area contributed by atoms with Crippen molar-refractivity contribution in [2.75, 3.05) is 11.4 Å². The van der Waals surface area contributed by atoms with Gasteiger partial charge in [0.2, 0.25) is 6.17 Å². The van der Waals surface area contributed by atoms with Gasteiger partial charge in [0.25, 0.3) is 5.91 Å². The Morgan fingerprint density at radius 2 is 1.49 bits per heavy atom. The summed E-state index contributed by atoms with van der Waals surface area (Å²) in [6.07, 6.45) is -2.11. The topological polar surface area (TPSA) is 88.1 Å². The number of halogens is 1. The van der Waals surface area contributed by atoms with Crippen molar-refractivity contribution in [3.63, 3.8) is 0 Å². The maximum Gasteiger partial charge on any atom is 0.409 e. The molecule has 0 aromatic heterocycles. The Balaban J connectivity index is 1.50. The van der Waals surface area contributed by atoms with E-state index in [-0.39, 0.29) is 18.9 Å². The van der Waals surface area contributed by atoms with Crippen LogP contribution in [0.2, 0.25) is 0 Å². The second kappa shape index (κ2) is 11.9. The summed E-state index contributed by atoms with van der Waals surface area (Å²) in [6.45, 7) is -0.208. The van der Waals surface area contributed by atoms with Crippen molar-refractivity contribution in [3.05, 3.63) is 136 Å². The van der Waals surface area contributed by atoms with E-state index in [1.165, 1.54) is 4.90 Å². The lowest BCUT2D eigenvalue weighted by Gasteiger charge is -2.25. The lowest BCUT2D eigenvalue weighted by molar-refractivity contribution is -0.120. The van der Waals surface area contributed by atoms with E-state index in [1.807, 2.05) is 78.9 Å². The highest BCUT2D eigenvalue weighted by molar-refractivity contribution is 9.10. The van der Waals surface area contributed by atoms with Crippen molar-refractivity contribution in [1.82, 2.24) is 5.32 Å². The lowest BCUT2D eigenvalue weighted by atomic mass is 10.00. The smallest absolute Gasteiger partial charge is 0.409 e. The minimum atomic E-state index is -1.32. The van der Waals surface area contributed by atoms with E-state index in [9.17, 15) is 14.4 Å². The number of alkyl carbamates (subject to hydrolysis) is 1. The molecule has 0 radical (unpaired) electrons. The monoisotopic (exact) mass is 581 g/mol. The van der Waals surface area contributed by atoms with E-state index >= 15 is 0 Å². The van der Waals surface area contributed by atoms with Crippen LogP contribution in [0.5, 0.6) is 0 Å². The maximum absolute atomic E-state index is 13.9. The van der Waals surface area contributed by atoms with Gasteiger partial charge in [-0.15, -0.1) is 0 Å². The number of nitrogens with one attached hydrogen (secondary N) is 1. The molecule has 1 aliphatic rings. The number of ketones is 1. The Morgan fingerprint density at radius 3 is 2.23 bits per heavy atom. The fourth-order valence-electron chi connectivity index (χ4n) is 4.31. The first-order valence-electron chi connectivity index (χ1n) is 12.3. The van der Waals surface area contributed by atoms with Gasteiger partial charge in [-0.2, -0.15) is 0 Å². The van der Waals surface area contributed by atoms with Gasteiger partial charge in [0.05, 0.1) is 17.9 Å². The number of Topliss-reactive ketones (excluding diaryl/α,β-unsaturated/α-hetero) is 1. The molecule has 0 unspecified atom stereocenters. The second-order valence-corrected chi connectivity index (χ2v) is 9.65. The highest BCUT2D eigenvalue weighted by Crippen LogP contribution is 2.29. The molecular formula is C31H24BrN3O4. The number of benzodiazepines with no additional fused rings is 1. The molecule has 1 aliphatic heterocycles. The molecule has 0 spiro atoms. The number of ether oxygens (including phenoxy) is 1. The number of fused-ring (bicyclic) bond motifs is 1. The minimum absolute atomic E-state index is 0.0350. The van der Waals surface area contributed by atoms with Crippen LogP contribution in [0.4, 0.5) is 10.5 Å². The van der Waals surface area contributed by atoms with Crippen molar-refractivity contribution in [2.45, 2.75) is 12.8 Å². The van der Waals surface area contributed by atoms with Gasteiger partial charge in [-0.1, -0.05) is 113 Å². The molecule has 4 aromatic carbocycles. The quantitative estimate of drug-likeness (QED) is 0.281. The highest BCUT2D eigenvalue weighted by atomic mass is 79.9. The van der Waals surface area contributed by atoms with Crippen LogP contribution in [0, 0.1) is 0 Å². The van der Waals surface area contributed by atoms with Crippen molar-refractivity contribution >= 4 is 45.1 Å².